The molecular weight excluding hydrogens is 222 g/mol. The summed E-state index contributed by atoms with van der Waals surface area (Å²) < 4.78 is 5.27. The van der Waals surface area contributed by atoms with E-state index in [0.717, 1.165) is 6.42 Å². The molecule has 1 fully saturated rings. The van der Waals surface area contributed by atoms with E-state index in [0.29, 0.717) is 19.5 Å². The SMILES string of the molecule is CC(C)(C)OC(=O)N1CC[C@H]([C@@H](O)CCO)C1. The van der Waals surface area contributed by atoms with Crippen molar-refractivity contribution in [1.82, 2.24) is 4.90 Å². The van der Waals surface area contributed by atoms with Gasteiger partial charge in [-0.3, -0.25) is 0 Å². The summed E-state index contributed by atoms with van der Waals surface area (Å²) in [6, 6.07) is 0. The van der Waals surface area contributed by atoms with E-state index in [-0.39, 0.29) is 18.6 Å². The number of ether oxygens (including phenoxy) is 1. The number of aliphatic hydroxyl groups is 2. The van der Waals surface area contributed by atoms with Crippen LogP contribution < -0.4 is 0 Å². The largest absolute Gasteiger partial charge is 0.444 e. The molecule has 5 nitrogen and oxygen atoms in total. The minimum absolute atomic E-state index is 0.0237. The van der Waals surface area contributed by atoms with Crippen LogP contribution in [0.15, 0.2) is 0 Å². The minimum atomic E-state index is -0.535. The van der Waals surface area contributed by atoms with E-state index in [4.69, 9.17) is 9.84 Å². The van der Waals surface area contributed by atoms with Crippen LogP contribution in [0.4, 0.5) is 4.79 Å². The van der Waals surface area contributed by atoms with Gasteiger partial charge in [0.25, 0.3) is 0 Å². The zero-order valence-electron chi connectivity index (χ0n) is 10.8. The smallest absolute Gasteiger partial charge is 0.410 e. The molecule has 1 aliphatic heterocycles. The topological polar surface area (TPSA) is 70.0 Å². The molecule has 1 rings (SSSR count). The number of rotatable bonds is 3. The maximum absolute atomic E-state index is 11.8. The molecule has 2 N–H and O–H groups in total. The first kappa shape index (κ1) is 14.3. The molecule has 2 atom stereocenters. The van der Waals surface area contributed by atoms with E-state index in [2.05, 4.69) is 0 Å². The summed E-state index contributed by atoms with van der Waals surface area (Å²) in [6.45, 7) is 6.60. The summed E-state index contributed by atoms with van der Waals surface area (Å²) in [6.07, 6.45) is 0.274. The van der Waals surface area contributed by atoms with Gasteiger partial charge in [-0.2, -0.15) is 0 Å². The number of aliphatic hydroxyl groups excluding tert-OH is 2. The average molecular weight is 245 g/mol. The Morgan fingerprint density at radius 1 is 1.53 bits per heavy atom. The van der Waals surface area contributed by atoms with Crippen molar-refractivity contribution < 1.29 is 19.7 Å². The Morgan fingerprint density at radius 2 is 2.18 bits per heavy atom. The van der Waals surface area contributed by atoms with Gasteiger partial charge in [-0.05, 0) is 33.6 Å². The molecule has 17 heavy (non-hydrogen) atoms. The molecule has 1 heterocycles. The van der Waals surface area contributed by atoms with Gasteiger partial charge in [-0.25, -0.2) is 4.79 Å². The summed E-state index contributed by atoms with van der Waals surface area (Å²) in [7, 11) is 0. The first-order valence-electron chi connectivity index (χ1n) is 6.10. The Morgan fingerprint density at radius 3 is 2.71 bits per heavy atom. The van der Waals surface area contributed by atoms with Crippen molar-refractivity contribution in [3.8, 4) is 0 Å². The summed E-state index contributed by atoms with van der Waals surface area (Å²) in [5.41, 5.74) is -0.487. The molecule has 5 heteroatoms. The first-order valence-corrected chi connectivity index (χ1v) is 6.10. The highest BCUT2D eigenvalue weighted by Crippen LogP contribution is 2.23. The Kier molecular flexibility index (Phi) is 4.77. The van der Waals surface area contributed by atoms with Crippen LogP contribution in [0.5, 0.6) is 0 Å². The lowest BCUT2D eigenvalue weighted by molar-refractivity contribution is 0.0261. The fourth-order valence-electron chi connectivity index (χ4n) is 1.96. The van der Waals surface area contributed by atoms with Gasteiger partial charge in [0.05, 0.1) is 6.10 Å². The van der Waals surface area contributed by atoms with E-state index in [9.17, 15) is 9.90 Å². The van der Waals surface area contributed by atoms with Gasteiger partial charge in [0, 0.05) is 25.6 Å². The molecule has 1 aliphatic rings. The molecule has 100 valence electrons. The third-order valence-electron chi connectivity index (χ3n) is 2.85. The highest BCUT2D eigenvalue weighted by atomic mass is 16.6. The molecule has 0 radical (unpaired) electrons. The van der Waals surface area contributed by atoms with E-state index >= 15 is 0 Å². The molecule has 0 unspecified atom stereocenters. The number of amides is 1. The average Bonchev–Trinajstić information content (AvgIpc) is 2.63. The van der Waals surface area contributed by atoms with Crippen LogP contribution in [0.3, 0.4) is 0 Å². The molecule has 0 bridgehead atoms. The summed E-state index contributed by atoms with van der Waals surface area (Å²) in [5, 5.41) is 18.5. The summed E-state index contributed by atoms with van der Waals surface area (Å²) in [4.78, 5) is 13.4. The van der Waals surface area contributed by atoms with Gasteiger partial charge < -0.3 is 19.8 Å². The zero-order valence-corrected chi connectivity index (χ0v) is 10.8. The number of likely N-dealkylation sites (tertiary alicyclic amines) is 1. The van der Waals surface area contributed by atoms with Gasteiger partial charge in [0.2, 0.25) is 0 Å². The number of carbonyl (C=O) groups is 1. The summed E-state index contributed by atoms with van der Waals surface area (Å²) >= 11 is 0. The van der Waals surface area contributed by atoms with Gasteiger partial charge in [0.1, 0.15) is 5.60 Å². The monoisotopic (exact) mass is 245 g/mol. The predicted octanol–water partition coefficient (Wildman–Crippen LogP) is 0.987. The van der Waals surface area contributed by atoms with Crippen LogP contribution in [0.2, 0.25) is 0 Å². The second kappa shape index (κ2) is 5.69. The van der Waals surface area contributed by atoms with Crippen LogP contribution in [0.1, 0.15) is 33.6 Å². The first-order chi connectivity index (χ1) is 7.83. The van der Waals surface area contributed by atoms with Crippen LogP contribution >= 0.6 is 0 Å². The van der Waals surface area contributed by atoms with Crippen molar-refractivity contribution in [2.24, 2.45) is 5.92 Å². The zero-order chi connectivity index (χ0) is 13.1. The highest BCUT2D eigenvalue weighted by Gasteiger charge is 2.32. The quantitative estimate of drug-likeness (QED) is 0.778. The fourth-order valence-corrected chi connectivity index (χ4v) is 1.96. The number of hydrogen-bond donors (Lipinski definition) is 2. The maximum atomic E-state index is 11.8. The Bertz CT molecular complexity index is 262. The predicted molar refractivity (Wildman–Crippen MR) is 63.6 cm³/mol. The van der Waals surface area contributed by atoms with Gasteiger partial charge in [-0.1, -0.05) is 0 Å². The number of nitrogens with zero attached hydrogens (tertiary/aromatic N) is 1. The molecule has 1 saturated heterocycles. The van der Waals surface area contributed by atoms with Crippen molar-refractivity contribution in [3.63, 3.8) is 0 Å². The Labute approximate surface area is 102 Å². The lowest BCUT2D eigenvalue weighted by atomic mass is 9.99. The van der Waals surface area contributed by atoms with Crippen molar-refractivity contribution in [2.45, 2.75) is 45.3 Å². The molecule has 0 aromatic heterocycles. The second-order valence-corrected chi connectivity index (χ2v) is 5.55. The Balaban J connectivity index is 2.42. The van der Waals surface area contributed by atoms with Crippen LogP contribution in [0, 0.1) is 5.92 Å². The van der Waals surface area contributed by atoms with E-state index in [1.807, 2.05) is 20.8 Å². The minimum Gasteiger partial charge on any atom is -0.444 e. The Hall–Kier alpha value is -0.810. The second-order valence-electron chi connectivity index (χ2n) is 5.55. The van der Waals surface area contributed by atoms with Crippen LogP contribution in [-0.4, -0.2) is 52.6 Å². The van der Waals surface area contributed by atoms with Crippen LogP contribution in [0.25, 0.3) is 0 Å². The lowest BCUT2D eigenvalue weighted by Crippen LogP contribution is -2.36. The molecule has 0 spiro atoms. The van der Waals surface area contributed by atoms with E-state index < -0.39 is 11.7 Å². The molecule has 0 saturated carbocycles. The van der Waals surface area contributed by atoms with Crippen LogP contribution in [-0.2, 0) is 4.74 Å². The number of hydrogen-bond acceptors (Lipinski definition) is 4. The highest BCUT2D eigenvalue weighted by molar-refractivity contribution is 5.68. The number of carbonyl (C=O) groups excluding carboxylic acids is 1. The summed E-state index contributed by atoms with van der Waals surface area (Å²) in [5.74, 6) is 0.0506. The standard InChI is InChI=1S/C12H23NO4/c1-12(2,3)17-11(16)13-6-4-9(8-13)10(15)5-7-14/h9-10,14-15H,4-8H2,1-3H3/t9-,10-/m0/s1. The van der Waals surface area contributed by atoms with Crippen molar-refractivity contribution in [3.05, 3.63) is 0 Å². The van der Waals surface area contributed by atoms with Crippen molar-refractivity contribution in [1.29, 1.82) is 0 Å². The molecule has 1 amide bonds. The van der Waals surface area contributed by atoms with Gasteiger partial charge in [0.15, 0.2) is 0 Å². The van der Waals surface area contributed by atoms with E-state index in [1.165, 1.54) is 0 Å². The maximum Gasteiger partial charge on any atom is 0.410 e. The van der Waals surface area contributed by atoms with Gasteiger partial charge in [-0.15, -0.1) is 0 Å². The third kappa shape index (κ3) is 4.52. The normalized spacial score (nSPS) is 22.6. The third-order valence-corrected chi connectivity index (χ3v) is 2.85. The fraction of sp³-hybridized carbons (Fsp3) is 0.917. The van der Waals surface area contributed by atoms with E-state index in [1.54, 1.807) is 4.90 Å². The molecule has 0 aromatic rings. The molecular formula is C12H23NO4. The van der Waals surface area contributed by atoms with Crippen molar-refractivity contribution >= 4 is 6.09 Å². The molecule has 0 aliphatic carbocycles. The van der Waals surface area contributed by atoms with Crippen molar-refractivity contribution in [2.75, 3.05) is 19.7 Å². The van der Waals surface area contributed by atoms with Gasteiger partial charge >= 0.3 is 6.09 Å². The molecule has 0 aromatic carbocycles. The lowest BCUT2D eigenvalue weighted by Gasteiger charge is -2.25.